The normalized spacial score (nSPS) is 11.0. The molecule has 118 valence electrons. The van der Waals surface area contributed by atoms with Crippen LogP contribution in [0.4, 0.5) is 0 Å². The van der Waals surface area contributed by atoms with E-state index in [1.54, 1.807) is 25.1 Å². The minimum Gasteiger partial charge on any atom is -0.460 e. The van der Waals surface area contributed by atoms with E-state index in [1.807, 2.05) is 13.8 Å². The van der Waals surface area contributed by atoms with Crippen LogP contribution in [0.25, 0.3) is 21.4 Å². The fourth-order valence-corrected chi connectivity index (χ4v) is 3.55. The molecule has 0 saturated carbocycles. The lowest BCUT2D eigenvalue weighted by molar-refractivity contribution is -0.131. The first-order valence-electron chi connectivity index (χ1n) is 7.07. The summed E-state index contributed by atoms with van der Waals surface area (Å²) in [5.41, 5.74) is 1.65. The van der Waals surface area contributed by atoms with Crippen molar-refractivity contribution in [3.63, 3.8) is 0 Å². The summed E-state index contributed by atoms with van der Waals surface area (Å²) in [6.07, 6.45) is 0. The fraction of sp³-hybridized carbons (Fsp3) is 0.235. The zero-order valence-corrected chi connectivity index (χ0v) is 14.0. The van der Waals surface area contributed by atoms with E-state index in [-0.39, 0.29) is 5.43 Å². The molecule has 1 aromatic carbocycles. The SMILES string of the molecule is CC(=O)Oc1ccc2c(=O)c(-c3sc(C)nc3C)c(C)oc2c1. The molecule has 0 radical (unpaired) electrons. The summed E-state index contributed by atoms with van der Waals surface area (Å²) in [6, 6.07) is 4.76. The molecule has 0 atom stereocenters. The van der Waals surface area contributed by atoms with Crippen LogP contribution in [0, 0.1) is 20.8 Å². The molecule has 3 aromatic rings. The largest absolute Gasteiger partial charge is 0.460 e. The Labute approximate surface area is 136 Å². The lowest BCUT2D eigenvalue weighted by atomic mass is 10.1. The van der Waals surface area contributed by atoms with Crippen molar-refractivity contribution in [2.45, 2.75) is 27.7 Å². The summed E-state index contributed by atoms with van der Waals surface area (Å²) < 4.78 is 10.8. The molecule has 0 fully saturated rings. The quantitative estimate of drug-likeness (QED) is 0.529. The molecule has 23 heavy (non-hydrogen) atoms. The monoisotopic (exact) mass is 329 g/mol. The molecule has 5 nitrogen and oxygen atoms in total. The number of hydrogen-bond donors (Lipinski definition) is 0. The van der Waals surface area contributed by atoms with Gasteiger partial charge in [0.05, 0.1) is 26.5 Å². The highest BCUT2D eigenvalue weighted by atomic mass is 32.1. The molecule has 0 amide bonds. The molecule has 0 aliphatic carbocycles. The summed E-state index contributed by atoms with van der Waals surface area (Å²) in [4.78, 5) is 29.1. The maximum atomic E-state index is 12.9. The Morgan fingerprint density at radius 2 is 2.00 bits per heavy atom. The van der Waals surface area contributed by atoms with Gasteiger partial charge in [-0.25, -0.2) is 4.98 Å². The van der Waals surface area contributed by atoms with E-state index in [4.69, 9.17) is 9.15 Å². The van der Waals surface area contributed by atoms with Crippen molar-refractivity contribution in [2.24, 2.45) is 0 Å². The number of carbonyl (C=O) groups is 1. The van der Waals surface area contributed by atoms with Crippen molar-refractivity contribution in [2.75, 3.05) is 0 Å². The number of ether oxygens (including phenoxy) is 1. The number of fused-ring (bicyclic) bond motifs is 1. The van der Waals surface area contributed by atoms with Crippen LogP contribution in [0.2, 0.25) is 0 Å². The number of hydrogen-bond acceptors (Lipinski definition) is 6. The highest BCUT2D eigenvalue weighted by molar-refractivity contribution is 7.15. The van der Waals surface area contributed by atoms with Crippen molar-refractivity contribution >= 4 is 28.3 Å². The van der Waals surface area contributed by atoms with E-state index in [2.05, 4.69) is 4.98 Å². The molecule has 0 spiro atoms. The Hall–Kier alpha value is -2.47. The Morgan fingerprint density at radius 1 is 1.26 bits per heavy atom. The third-order valence-electron chi connectivity index (χ3n) is 3.43. The lowest BCUT2D eigenvalue weighted by Gasteiger charge is -2.07. The van der Waals surface area contributed by atoms with Gasteiger partial charge in [-0.2, -0.15) is 0 Å². The Balaban J connectivity index is 2.24. The van der Waals surface area contributed by atoms with Crippen LogP contribution in [0.1, 0.15) is 23.4 Å². The molecular formula is C17H15NO4S. The first kappa shape index (κ1) is 15.4. The van der Waals surface area contributed by atoms with Crippen LogP contribution in [0.15, 0.2) is 27.4 Å². The van der Waals surface area contributed by atoms with E-state index >= 15 is 0 Å². The number of nitrogens with zero attached hydrogens (tertiary/aromatic N) is 1. The van der Waals surface area contributed by atoms with Crippen LogP contribution in [0.3, 0.4) is 0 Å². The molecule has 0 unspecified atom stereocenters. The highest BCUT2D eigenvalue weighted by Crippen LogP contribution is 2.32. The number of aryl methyl sites for hydroxylation is 3. The van der Waals surface area contributed by atoms with Gasteiger partial charge in [0.15, 0.2) is 0 Å². The van der Waals surface area contributed by atoms with Gasteiger partial charge in [0.1, 0.15) is 17.1 Å². The molecule has 2 heterocycles. The molecule has 0 N–H and O–H groups in total. The summed E-state index contributed by atoms with van der Waals surface area (Å²) >= 11 is 1.48. The van der Waals surface area contributed by atoms with Crippen LogP contribution in [-0.2, 0) is 4.79 Å². The molecular weight excluding hydrogens is 314 g/mol. The van der Waals surface area contributed by atoms with Crippen molar-refractivity contribution in [1.82, 2.24) is 4.98 Å². The van der Waals surface area contributed by atoms with E-state index in [0.717, 1.165) is 15.6 Å². The van der Waals surface area contributed by atoms with Gasteiger partial charge in [0.25, 0.3) is 0 Å². The first-order chi connectivity index (χ1) is 10.9. The maximum Gasteiger partial charge on any atom is 0.308 e. The number of aromatic nitrogens is 1. The van der Waals surface area contributed by atoms with Gasteiger partial charge >= 0.3 is 5.97 Å². The van der Waals surface area contributed by atoms with Crippen molar-refractivity contribution in [3.8, 4) is 16.2 Å². The maximum absolute atomic E-state index is 12.9. The van der Waals surface area contributed by atoms with E-state index in [0.29, 0.717) is 28.0 Å². The summed E-state index contributed by atoms with van der Waals surface area (Å²) in [5.74, 6) is 0.454. The molecule has 0 aliphatic rings. The third-order valence-corrected chi connectivity index (χ3v) is 4.52. The van der Waals surface area contributed by atoms with E-state index in [9.17, 15) is 9.59 Å². The van der Waals surface area contributed by atoms with E-state index in [1.165, 1.54) is 18.3 Å². The zero-order chi connectivity index (χ0) is 16.7. The van der Waals surface area contributed by atoms with Gasteiger partial charge in [-0.15, -0.1) is 11.3 Å². The number of rotatable bonds is 2. The highest BCUT2D eigenvalue weighted by Gasteiger charge is 2.18. The number of thiazole rings is 1. The summed E-state index contributed by atoms with van der Waals surface area (Å²) in [7, 11) is 0. The Bertz CT molecular complexity index is 984. The topological polar surface area (TPSA) is 69.4 Å². The molecule has 2 aromatic heterocycles. The predicted molar refractivity (Wildman–Crippen MR) is 89.1 cm³/mol. The van der Waals surface area contributed by atoms with E-state index < -0.39 is 5.97 Å². The second-order valence-electron chi connectivity index (χ2n) is 5.26. The molecule has 0 saturated heterocycles. The minimum absolute atomic E-state index is 0.107. The van der Waals surface area contributed by atoms with Crippen molar-refractivity contribution in [3.05, 3.63) is 44.9 Å². The van der Waals surface area contributed by atoms with Gasteiger partial charge in [-0.3, -0.25) is 9.59 Å². The van der Waals surface area contributed by atoms with Crippen molar-refractivity contribution in [1.29, 1.82) is 0 Å². The third kappa shape index (κ3) is 2.77. The number of carbonyl (C=O) groups excluding carboxylic acids is 1. The van der Waals surface area contributed by atoms with Crippen molar-refractivity contribution < 1.29 is 13.9 Å². The zero-order valence-electron chi connectivity index (χ0n) is 13.2. The van der Waals surface area contributed by atoms with Crippen LogP contribution in [0.5, 0.6) is 5.75 Å². The average molecular weight is 329 g/mol. The molecule has 3 rings (SSSR count). The minimum atomic E-state index is -0.421. The van der Waals surface area contributed by atoms with Crippen LogP contribution in [-0.4, -0.2) is 11.0 Å². The van der Waals surface area contributed by atoms with Gasteiger partial charge in [-0.05, 0) is 32.9 Å². The summed E-state index contributed by atoms with van der Waals surface area (Å²) in [5, 5.41) is 1.36. The fourth-order valence-electron chi connectivity index (χ4n) is 2.54. The average Bonchev–Trinajstić information content (AvgIpc) is 2.76. The van der Waals surface area contributed by atoms with Gasteiger partial charge in [-0.1, -0.05) is 0 Å². The lowest BCUT2D eigenvalue weighted by Crippen LogP contribution is -2.08. The Morgan fingerprint density at radius 3 is 2.61 bits per heavy atom. The van der Waals surface area contributed by atoms with Gasteiger partial charge in [0, 0.05) is 13.0 Å². The Kier molecular flexibility index (Phi) is 3.77. The standard InChI is InChI=1S/C17H15NO4S/c1-8-17(23-10(3)18-8)15-9(2)21-14-7-12(22-11(4)19)5-6-13(14)16(15)20/h5-7H,1-4H3. The second kappa shape index (κ2) is 5.62. The molecule has 6 heteroatoms. The second-order valence-corrected chi connectivity index (χ2v) is 6.46. The van der Waals surface area contributed by atoms with Crippen LogP contribution < -0.4 is 10.2 Å². The number of benzene rings is 1. The molecule has 0 aliphatic heterocycles. The smallest absolute Gasteiger partial charge is 0.308 e. The van der Waals surface area contributed by atoms with Crippen LogP contribution >= 0.6 is 11.3 Å². The molecule has 0 bridgehead atoms. The summed E-state index contributed by atoms with van der Waals surface area (Å²) in [6.45, 7) is 6.86. The number of esters is 1. The van der Waals surface area contributed by atoms with Gasteiger partial charge in [0.2, 0.25) is 5.43 Å². The predicted octanol–water partition coefficient (Wildman–Crippen LogP) is 3.77. The first-order valence-corrected chi connectivity index (χ1v) is 7.88. The van der Waals surface area contributed by atoms with Gasteiger partial charge < -0.3 is 9.15 Å².